The molecule has 0 aromatic carbocycles. The lowest BCUT2D eigenvalue weighted by molar-refractivity contribution is -0.135. The van der Waals surface area contributed by atoms with Crippen molar-refractivity contribution >= 4 is 17.3 Å². The highest BCUT2D eigenvalue weighted by molar-refractivity contribution is 5.78. The molecule has 0 aliphatic heterocycles. The highest BCUT2D eigenvalue weighted by Gasteiger charge is 2.21. The normalized spacial score (nSPS) is 12.8. The number of nitrogens with zero attached hydrogens (tertiary/aromatic N) is 4. The number of anilines is 1. The molecular weight excluding hydrogens is 268 g/mol. The molecule has 21 heavy (non-hydrogen) atoms. The van der Waals surface area contributed by atoms with E-state index in [0.29, 0.717) is 11.7 Å². The summed E-state index contributed by atoms with van der Waals surface area (Å²) in [4.78, 5) is 17.4. The van der Waals surface area contributed by atoms with Crippen LogP contribution in [0.15, 0.2) is 18.5 Å². The summed E-state index contributed by atoms with van der Waals surface area (Å²) in [5.74, 6) is 0.130. The van der Waals surface area contributed by atoms with E-state index in [-0.39, 0.29) is 12.6 Å². The molecule has 2 rings (SSSR count). The Kier molecular flexibility index (Phi) is 4.45. The monoisotopic (exact) mass is 290 g/mol. The molecule has 0 amide bonds. The quantitative estimate of drug-likeness (QED) is 0.885. The van der Waals surface area contributed by atoms with Crippen LogP contribution in [-0.2, 0) is 4.79 Å². The summed E-state index contributed by atoms with van der Waals surface area (Å²) < 4.78 is 1.77. The van der Waals surface area contributed by atoms with Gasteiger partial charge in [-0.25, -0.2) is 9.50 Å². The SMILES string of the molecule is CCC(C)N(CC(=O)O)c1nccn2nc(C(C)C)cc12. The fraction of sp³-hybridized carbons (Fsp3) is 0.533. The predicted molar refractivity (Wildman–Crippen MR) is 81.8 cm³/mol. The predicted octanol–water partition coefficient (Wildman–Crippen LogP) is 2.54. The Morgan fingerprint density at radius 2 is 2.14 bits per heavy atom. The molecule has 0 saturated heterocycles. The van der Waals surface area contributed by atoms with E-state index in [1.165, 1.54) is 0 Å². The number of rotatable bonds is 6. The lowest BCUT2D eigenvalue weighted by Gasteiger charge is -2.28. The van der Waals surface area contributed by atoms with E-state index in [2.05, 4.69) is 23.9 Å². The topological polar surface area (TPSA) is 70.7 Å². The van der Waals surface area contributed by atoms with Crippen molar-refractivity contribution in [2.75, 3.05) is 11.4 Å². The summed E-state index contributed by atoms with van der Waals surface area (Å²) in [7, 11) is 0. The van der Waals surface area contributed by atoms with Crippen molar-refractivity contribution in [2.45, 2.75) is 46.1 Å². The van der Waals surface area contributed by atoms with E-state index in [1.807, 2.05) is 24.8 Å². The van der Waals surface area contributed by atoms with Crippen LogP contribution in [0.25, 0.3) is 5.52 Å². The van der Waals surface area contributed by atoms with Crippen molar-refractivity contribution in [3.63, 3.8) is 0 Å². The highest BCUT2D eigenvalue weighted by Crippen LogP contribution is 2.24. The van der Waals surface area contributed by atoms with Gasteiger partial charge in [0.1, 0.15) is 12.1 Å². The summed E-state index contributed by atoms with van der Waals surface area (Å²) in [5.41, 5.74) is 1.83. The molecular formula is C15H22N4O2. The first-order valence-electron chi connectivity index (χ1n) is 7.26. The van der Waals surface area contributed by atoms with E-state index in [1.54, 1.807) is 16.9 Å². The average Bonchev–Trinajstić information content (AvgIpc) is 2.88. The molecule has 1 N–H and O–H groups in total. The van der Waals surface area contributed by atoms with Crippen LogP contribution in [0.2, 0.25) is 0 Å². The lowest BCUT2D eigenvalue weighted by atomic mass is 10.1. The van der Waals surface area contributed by atoms with Gasteiger partial charge in [0, 0.05) is 18.4 Å². The summed E-state index contributed by atoms with van der Waals surface area (Å²) in [6.07, 6.45) is 4.30. The van der Waals surface area contributed by atoms with Crippen molar-refractivity contribution in [3.05, 3.63) is 24.2 Å². The van der Waals surface area contributed by atoms with Crippen LogP contribution in [0, 0.1) is 0 Å². The molecule has 0 aliphatic carbocycles. The van der Waals surface area contributed by atoms with Gasteiger partial charge in [0.15, 0.2) is 5.82 Å². The van der Waals surface area contributed by atoms with E-state index < -0.39 is 5.97 Å². The summed E-state index contributed by atoms with van der Waals surface area (Å²) in [6.45, 7) is 8.14. The molecule has 2 heterocycles. The van der Waals surface area contributed by atoms with Crippen LogP contribution in [0.5, 0.6) is 0 Å². The molecule has 114 valence electrons. The third-order valence-corrected chi connectivity index (χ3v) is 3.68. The van der Waals surface area contributed by atoms with Gasteiger partial charge in [-0.1, -0.05) is 20.8 Å². The lowest BCUT2D eigenvalue weighted by Crippen LogP contribution is -2.38. The Morgan fingerprint density at radius 3 is 2.71 bits per heavy atom. The van der Waals surface area contributed by atoms with Crippen LogP contribution < -0.4 is 4.90 Å². The average molecular weight is 290 g/mol. The second kappa shape index (κ2) is 6.11. The van der Waals surface area contributed by atoms with Gasteiger partial charge >= 0.3 is 5.97 Å². The minimum absolute atomic E-state index is 0.0656. The summed E-state index contributed by atoms with van der Waals surface area (Å²) >= 11 is 0. The molecule has 2 aromatic rings. The molecule has 1 unspecified atom stereocenters. The van der Waals surface area contributed by atoms with E-state index in [0.717, 1.165) is 17.6 Å². The number of fused-ring (bicyclic) bond motifs is 1. The van der Waals surface area contributed by atoms with E-state index >= 15 is 0 Å². The maximum Gasteiger partial charge on any atom is 0.323 e. The first-order chi connectivity index (χ1) is 9.93. The van der Waals surface area contributed by atoms with Gasteiger partial charge in [-0.15, -0.1) is 0 Å². The second-order valence-electron chi connectivity index (χ2n) is 5.58. The molecule has 6 nitrogen and oxygen atoms in total. The highest BCUT2D eigenvalue weighted by atomic mass is 16.4. The number of aliphatic carboxylic acids is 1. The zero-order valence-corrected chi connectivity index (χ0v) is 12.9. The number of hydrogen-bond donors (Lipinski definition) is 1. The minimum atomic E-state index is -0.859. The maximum absolute atomic E-state index is 11.2. The summed E-state index contributed by atoms with van der Waals surface area (Å²) in [6, 6.07) is 2.08. The first kappa shape index (κ1) is 15.3. The molecule has 0 fully saturated rings. The molecule has 0 spiro atoms. The molecule has 0 aliphatic rings. The molecule has 2 aromatic heterocycles. The number of hydrogen-bond acceptors (Lipinski definition) is 4. The van der Waals surface area contributed by atoms with E-state index in [4.69, 9.17) is 5.11 Å². The van der Waals surface area contributed by atoms with Crippen molar-refractivity contribution < 1.29 is 9.90 Å². The number of carboxylic acid groups (broad SMARTS) is 1. The molecule has 0 bridgehead atoms. The van der Waals surface area contributed by atoms with Gasteiger partial charge in [0.05, 0.1) is 5.69 Å². The number of carbonyl (C=O) groups is 1. The minimum Gasteiger partial charge on any atom is -0.480 e. The fourth-order valence-corrected chi connectivity index (χ4v) is 2.24. The van der Waals surface area contributed by atoms with Gasteiger partial charge in [0.2, 0.25) is 0 Å². The van der Waals surface area contributed by atoms with Gasteiger partial charge < -0.3 is 10.0 Å². The molecule has 0 radical (unpaired) electrons. The van der Waals surface area contributed by atoms with Gasteiger partial charge in [-0.2, -0.15) is 5.10 Å². The van der Waals surface area contributed by atoms with Crippen LogP contribution in [-0.4, -0.2) is 38.3 Å². The van der Waals surface area contributed by atoms with Crippen molar-refractivity contribution in [3.8, 4) is 0 Å². The van der Waals surface area contributed by atoms with Crippen molar-refractivity contribution in [1.82, 2.24) is 14.6 Å². The zero-order valence-electron chi connectivity index (χ0n) is 12.9. The van der Waals surface area contributed by atoms with Gasteiger partial charge in [-0.3, -0.25) is 4.79 Å². The summed E-state index contributed by atoms with van der Waals surface area (Å²) in [5, 5.41) is 13.7. The second-order valence-corrected chi connectivity index (χ2v) is 5.58. The molecule has 0 saturated carbocycles. The third kappa shape index (κ3) is 3.15. The van der Waals surface area contributed by atoms with Crippen molar-refractivity contribution in [2.24, 2.45) is 0 Å². The Balaban J connectivity index is 2.53. The largest absolute Gasteiger partial charge is 0.480 e. The van der Waals surface area contributed by atoms with Crippen LogP contribution >= 0.6 is 0 Å². The number of carboxylic acids is 1. The Morgan fingerprint density at radius 1 is 1.43 bits per heavy atom. The van der Waals surface area contributed by atoms with Crippen LogP contribution in [0.3, 0.4) is 0 Å². The van der Waals surface area contributed by atoms with E-state index in [9.17, 15) is 4.79 Å². The standard InChI is InChI=1S/C15H22N4O2/c1-5-11(4)18(9-14(20)21)15-13-8-12(10(2)3)17-19(13)7-6-16-15/h6-8,10-11H,5,9H2,1-4H3,(H,20,21). The fourth-order valence-electron chi connectivity index (χ4n) is 2.24. The number of aromatic nitrogens is 3. The van der Waals surface area contributed by atoms with Crippen molar-refractivity contribution in [1.29, 1.82) is 0 Å². The van der Waals surface area contributed by atoms with Crippen LogP contribution in [0.4, 0.5) is 5.82 Å². The molecule has 1 atom stereocenters. The first-order valence-corrected chi connectivity index (χ1v) is 7.26. The van der Waals surface area contributed by atoms with Gasteiger partial charge in [0.25, 0.3) is 0 Å². The zero-order chi connectivity index (χ0) is 15.6. The Bertz CT molecular complexity index is 636. The van der Waals surface area contributed by atoms with Crippen LogP contribution in [0.1, 0.15) is 45.7 Å². The smallest absolute Gasteiger partial charge is 0.323 e. The Labute approximate surface area is 124 Å². The maximum atomic E-state index is 11.2. The molecule has 6 heteroatoms. The Hall–Kier alpha value is -2.11. The third-order valence-electron chi connectivity index (χ3n) is 3.68. The van der Waals surface area contributed by atoms with Gasteiger partial charge in [-0.05, 0) is 25.3 Å².